The minimum atomic E-state index is -3.68. The van der Waals surface area contributed by atoms with Gasteiger partial charge in [-0.3, -0.25) is 9.78 Å². The van der Waals surface area contributed by atoms with Crippen LogP contribution in [-0.4, -0.2) is 25.9 Å². The second kappa shape index (κ2) is 8.90. The van der Waals surface area contributed by atoms with E-state index < -0.39 is 21.0 Å². The number of thiophene rings is 1. The van der Waals surface area contributed by atoms with Gasteiger partial charge in [0.25, 0.3) is 0 Å². The van der Waals surface area contributed by atoms with E-state index in [1.54, 1.807) is 48.0 Å². The van der Waals surface area contributed by atoms with Crippen LogP contribution in [0, 0.1) is 5.82 Å². The molecule has 1 aromatic carbocycles. The number of carbonyl (C=O) groups is 1. The Hall–Kier alpha value is -2.84. The Kier molecular flexibility index (Phi) is 6.33. The molecule has 0 spiro atoms. The van der Waals surface area contributed by atoms with Crippen LogP contribution in [0.15, 0.2) is 76.6 Å². The summed E-state index contributed by atoms with van der Waals surface area (Å²) in [5.41, 5.74) is 1.16. The van der Waals surface area contributed by atoms with Gasteiger partial charge >= 0.3 is 0 Å². The third-order valence-electron chi connectivity index (χ3n) is 3.97. The Morgan fingerprint density at radius 2 is 1.96 bits per heavy atom. The summed E-state index contributed by atoms with van der Waals surface area (Å²) in [6.07, 6.45) is 5.85. The maximum Gasteiger partial charge on any atom is 0.244 e. The van der Waals surface area contributed by atoms with E-state index in [2.05, 4.69) is 10.3 Å². The lowest BCUT2D eigenvalue weighted by Gasteiger charge is -2.17. The lowest BCUT2D eigenvalue weighted by molar-refractivity contribution is -0.116. The van der Waals surface area contributed by atoms with Crippen LogP contribution in [0.4, 0.5) is 4.39 Å². The van der Waals surface area contributed by atoms with E-state index in [4.69, 9.17) is 0 Å². The molecule has 0 fully saturated rings. The van der Waals surface area contributed by atoms with Crippen molar-refractivity contribution in [2.24, 2.45) is 0 Å². The number of nitrogens with one attached hydrogen (secondary N) is 1. The van der Waals surface area contributed by atoms with Gasteiger partial charge in [0.2, 0.25) is 5.91 Å². The summed E-state index contributed by atoms with van der Waals surface area (Å²) in [5, 5.41) is 3.36. The molecule has 144 valence electrons. The lowest BCUT2D eigenvalue weighted by Crippen LogP contribution is -2.30. The summed E-state index contributed by atoms with van der Waals surface area (Å²) in [6.45, 7) is -0.0987. The second-order valence-electron chi connectivity index (χ2n) is 5.88. The fourth-order valence-electron chi connectivity index (χ4n) is 2.54. The van der Waals surface area contributed by atoms with Gasteiger partial charge < -0.3 is 5.32 Å². The van der Waals surface area contributed by atoms with Gasteiger partial charge in [0.15, 0.2) is 9.84 Å². The van der Waals surface area contributed by atoms with E-state index >= 15 is 0 Å². The van der Waals surface area contributed by atoms with Gasteiger partial charge in [-0.1, -0.05) is 24.3 Å². The monoisotopic (exact) mass is 416 g/mol. The van der Waals surface area contributed by atoms with Gasteiger partial charge in [-0.05, 0) is 46.8 Å². The van der Waals surface area contributed by atoms with E-state index in [0.717, 1.165) is 11.3 Å². The number of pyridine rings is 1. The predicted octanol–water partition coefficient (Wildman–Crippen LogP) is 3.63. The average Bonchev–Trinajstić information content (AvgIpc) is 3.24. The van der Waals surface area contributed by atoms with Gasteiger partial charge in [0.05, 0.1) is 0 Å². The van der Waals surface area contributed by atoms with Gasteiger partial charge in [-0.2, -0.15) is 0 Å². The predicted molar refractivity (Wildman–Crippen MR) is 107 cm³/mol. The average molecular weight is 416 g/mol. The van der Waals surface area contributed by atoms with Crippen molar-refractivity contribution >= 4 is 33.2 Å². The Labute approximate surface area is 166 Å². The van der Waals surface area contributed by atoms with Crippen LogP contribution < -0.4 is 5.32 Å². The lowest BCUT2D eigenvalue weighted by atomic mass is 10.2. The summed E-state index contributed by atoms with van der Waals surface area (Å²) in [6, 6.07) is 12.2. The van der Waals surface area contributed by atoms with Crippen molar-refractivity contribution in [1.29, 1.82) is 0 Å². The molecular weight excluding hydrogens is 399 g/mol. The van der Waals surface area contributed by atoms with Gasteiger partial charge in [0, 0.05) is 25.0 Å². The first-order valence-electron chi connectivity index (χ1n) is 8.35. The number of carbonyl (C=O) groups excluding carboxylic acids is 1. The third kappa shape index (κ3) is 4.90. The van der Waals surface area contributed by atoms with Crippen molar-refractivity contribution in [1.82, 2.24) is 10.3 Å². The highest BCUT2D eigenvalue weighted by Gasteiger charge is 2.30. The largest absolute Gasteiger partial charge is 0.351 e. The molecule has 1 N–H and O–H groups in total. The molecule has 1 unspecified atom stereocenters. The Morgan fingerprint density at radius 3 is 2.61 bits per heavy atom. The normalized spacial score (nSPS) is 12.8. The molecule has 2 aromatic heterocycles. The van der Waals surface area contributed by atoms with Gasteiger partial charge in [-0.15, -0.1) is 11.3 Å². The molecule has 28 heavy (non-hydrogen) atoms. The molecule has 0 aliphatic carbocycles. The molecule has 2 heterocycles. The SMILES string of the molecule is O=C(/C=C/c1ccc(F)cc1)NCC(c1cccnc1)S(=O)(=O)c1cccs1. The maximum atomic E-state index is 13.0. The molecular formula is C20H17FN2O3S2. The first-order chi connectivity index (χ1) is 13.5. The molecule has 0 aliphatic heterocycles. The fourth-order valence-corrected chi connectivity index (χ4v) is 5.39. The molecule has 0 bridgehead atoms. The Morgan fingerprint density at radius 1 is 1.18 bits per heavy atom. The zero-order valence-corrected chi connectivity index (χ0v) is 16.3. The number of nitrogens with zero attached hydrogens (tertiary/aromatic N) is 1. The molecule has 1 amide bonds. The molecule has 3 rings (SSSR count). The number of aromatic nitrogens is 1. The van der Waals surface area contributed by atoms with Gasteiger partial charge in [-0.25, -0.2) is 12.8 Å². The first-order valence-corrected chi connectivity index (χ1v) is 10.8. The molecule has 8 heteroatoms. The van der Waals surface area contributed by atoms with E-state index in [-0.39, 0.29) is 16.6 Å². The van der Waals surface area contributed by atoms with Gasteiger partial charge in [0.1, 0.15) is 15.3 Å². The van der Waals surface area contributed by atoms with Crippen molar-refractivity contribution in [3.05, 3.63) is 89.3 Å². The zero-order chi connectivity index (χ0) is 20.0. The number of benzene rings is 1. The Bertz CT molecular complexity index is 1050. The van der Waals surface area contributed by atoms with Crippen molar-refractivity contribution in [2.45, 2.75) is 9.46 Å². The van der Waals surface area contributed by atoms with Crippen LogP contribution in [0.5, 0.6) is 0 Å². The first kappa shape index (κ1) is 19.9. The van der Waals surface area contributed by atoms with Crippen LogP contribution >= 0.6 is 11.3 Å². The molecule has 5 nitrogen and oxygen atoms in total. The fraction of sp³-hybridized carbons (Fsp3) is 0.100. The van der Waals surface area contributed by atoms with Crippen molar-refractivity contribution in [2.75, 3.05) is 6.54 Å². The quantitative estimate of drug-likeness (QED) is 0.597. The van der Waals surface area contributed by atoms with Crippen molar-refractivity contribution < 1.29 is 17.6 Å². The summed E-state index contributed by atoms with van der Waals surface area (Å²) in [5.74, 6) is -0.806. The van der Waals surface area contributed by atoms with Crippen LogP contribution in [0.3, 0.4) is 0 Å². The highest BCUT2D eigenvalue weighted by Crippen LogP contribution is 2.30. The standard InChI is InChI=1S/C20H17FN2O3S2/c21-17-8-5-15(6-9-17)7-10-19(24)23-14-18(16-3-1-11-22-13-16)28(25,26)20-4-2-12-27-20/h1-13,18H,14H2,(H,23,24)/b10-7+. The van der Waals surface area contributed by atoms with E-state index in [0.29, 0.717) is 11.1 Å². The summed E-state index contributed by atoms with van der Waals surface area (Å²) in [7, 11) is -3.68. The highest BCUT2D eigenvalue weighted by atomic mass is 32.2. The number of sulfone groups is 1. The molecule has 3 aromatic rings. The topological polar surface area (TPSA) is 76.1 Å². The number of amides is 1. The maximum absolute atomic E-state index is 13.0. The highest BCUT2D eigenvalue weighted by molar-refractivity contribution is 7.93. The van der Waals surface area contributed by atoms with Crippen LogP contribution in [0.2, 0.25) is 0 Å². The smallest absolute Gasteiger partial charge is 0.244 e. The van der Waals surface area contributed by atoms with Crippen LogP contribution in [-0.2, 0) is 14.6 Å². The number of rotatable bonds is 7. The Balaban J connectivity index is 1.75. The zero-order valence-electron chi connectivity index (χ0n) is 14.7. The molecule has 0 aliphatic rings. The number of hydrogen-bond donors (Lipinski definition) is 1. The molecule has 0 radical (unpaired) electrons. The van der Waals surface area contributed by atoms with Crippen molar-refractivity contribution in [3.8, 4) is 0 Å². The minimum Gasteiger partial charge on any atom is -0.351 e. The minimum absolute atomic E-state index is 0.0987. The van der Waals surface area contributed by atoms with Crippen LogP contribution in [0.1, 0.15) is 16.4 Å². The second-order valence-corrected chi connectivity index (χ2v) is 9.19. The molecule has 1 atom stereocenters. The number of hydrogen-bond acceptors (Lipinski definition) is 5. The molecule has 0 saturated heterocycles. The van der Waals surface area contributed by atoms with E-state index in [1.807, 2.05) is 0 Å². The van der Waals surface area contributed by atoms with E-state index in [9.17, 15) is 17.6 Å². The summed E-state index contributed by atoms with van der Waals surface area (Å²) >= 11 is 1.13. The number of halogens is 1. The third-order valence-corrected chi connectivity index (χ3v) is 7.50. The van der Waals surface area contributed by atoms with E-state index in [1.165, 1.54) is 30.5 Å². The summed E-state index contributed by atoms with van der Waals surface area (Å²) < 4.78 is 39.1. The van der Waals surface area contributed by atoms with Crippen LogP contribution in [0.25, 0.3) is 6.08 Å². The van der Waals surface area contributed by atoms with Crippen molar-refractivity contribution in [3.63, 3.8) is 0 Å². The molecule has 0 saturated carbocycles. The summed E-state index contributed by atoms with van der Waals surface area (Å²) in [4.78, 5) is 16.1.